The van der Waals surface area contributed by atoms with Gasteiger partial charge in [-0.2, -0.15) is 0 Å². The van der Waals surface area contributed by atoms with Crippen molar-refractivity contribution in [1.82, 2.24) is 4.90 Å². The van der Waals surface area contributed by atoms with Crippen LogP contribution in [0.2, 0.25) is 0 Å². The number of rotatable bonds is 9. The minimum Gasteiger partial charge on any atom is -0.465 e. The first-order valence-electron chi connectivity index (χ1n) is 11.1. The third kappa shape index (κ3) is 5.09. The van der Waals surface area contributed by atoms with Crippen LogP contribution in [0.4, 0.5) is 0 Å². The molecule has 4 heteroatoms. The number of benzene rings is 3. The number of carbonyl (C=O) groups excluding carboxylic acids is 1. The van der Waals surface area contributed by atoms with Crippen molar-refractivity contribution in [3.63, 3.8) is 0 Å². The maximum absolute atomic E-state index is 13.1. The molecule has 0 saturated heterocycles. The Labute approximate surface area is 189 Å². The molecule has 4 nitrogen and oxygen atoms in total. The fourth-order valence-corrected chi connectivity index (χ4v) is 4.10. The number of esters is 1. The summed E-state index contributed by atoms with van der Waals surface area (Å²) in [6, 6.07) is 28.8. The third-order valence-electron chi connectivity index (χ3n) is 5.93. The maximum Gasteiger partial charge on any atom is 0.314 e. The minimum atomic E-state index is -0.417. The molecule has 164 valence electrons. The van der Waals surface area contributed by atoms with Gasteiger partial charge < -0.3 is 9.15 Å². The summed E-state index contributed by atoms with van der Waals surface area (Å²) in [5, 5.41) is 1.02. The lowest BCUT2D eigenvalue weighted by atomic mass is 9.95. The van der Waals surface area contributed by atoms with E-state index in [2.05, 4.69) is 48.2 Å². The molecule has 0 amide bonds. The van der Waals surface area contributed by atoms with Gasteiger partial charge in [0.15, 0.2) is 0 Å². The van der Waals surface area contributed by atoms with Gasteiger partial charge in [0.2, 0.25) is 0 Å². The van der Waals surface area contributed by atoms with Crippen molar-refractivity contribution in [2.45, 2.75) is 32.4 Å². The average Bonchev–Trinajstić information content (AvgIpc) is 3.30. The number of ether oxygens (including phenoxy) is 1. The average molecular weight is 428 g/mol. The largest absolute Gasteiger partial charge is 0.465 e. The molecule has 0 N–H and O–H groups in total. The van der Waals surface area contributed by atoms with Crippen molar-refractivity contribution in [2.75, 3.05) is 13.2 Å². The predicted molar refractivity (Wildman–Crippen MR) is 127 cm³/mol. The van der Waals surface area contributed by atoms with E-state index in [1.165, 1.54) is 11.1 Å². The van der Waals surface area contributed by atoms with E-state index in [-0.39, 0.29) is 12.0 Å². The van der Waals surface area contributed by atoms with Gasteiger partial charge in [-0.05, 0) is 42.7 Å². The van der Waals surface area contributed by atoms with Crippen LogP contribution in [-0.4, -0.2) is 24.0 Å². The van der Waals surface area contributed by atoms with Crippen molar-refractivity contribution < 1.29 is 13.9 Å². The Balaban J connectivity index is 1.68. The fraction of sp³-hybridized carbons (Fsp3) is 0.250. The molecule has 2 atom stereocenters. The Morgan fingerprint density at radius 3 is 2.38 bits per heavy atom. The predicted octanol–water partition coefficient (Wildman–Crippen LogP) is 6.34. The highest BCUT2D eigenvalue weighted by molar-refractivity contribution is 5.83. The maximum atomic E-state index is 13.1. The van der Waals surface area contributed by atoms with E-state index in [1.54, 1.807) is 6.26 Å². The molecular weight excluding hydrogens is 398 g/mol. The molecule has 0 aliphatic rings. The minimum absolute atomic E-state index is 0.126. The lowest BCUT2D eigenvalue weighted by Crippen LogP contribution is -2.34. The zero-order chi connectivity index (χ0) is 22.3. The summed E-state index contributed by atoms with van der Waals surface area (Å²) < 4.78 is 11.1. The monoisotopic (exact) mass is 427 g/mol. The van der Waals surface area contributed by atoms with Crippen LogP contribution in [-0.2, 0) is 16.1 Å². The number of carbonyl (C=O) groups is 1. The molecule has 0 aliphatic heterocycles. The van der Waals surface area contributed by atoms with E-state index >= 15 is 0 Å². The summed E-state index contributed by atoms with van der Waals surface area (Å²) in [6.07, 6.45) is 1.67. The SMILES string of the molecule is CCOC(=O)[C@H](CN(Cc1ccccc1)[C@H](C)c1ccccc1)c1ccc2ccoc2c1. The quantitative estimate of drug-likeness (QED) is 0.292. The van der Waals surface area contributed by atoms with Gasteiger partial charge in [0.1, 0.15) is 5.58 Å². The summed E-state index contributed by atoms with van der Waals surface area (Å²) >= 11 is 0. The summed E-state index contributed by atoms with van der Waals surface area (Å²) in [5.74, 6) is -0.629. The number of hydrogen-bond donors (Lipinski definition) is 0. The molecule has 0 fully saturated rings. The standard InChI is InChI=1S/C28H29NO3/c1-3-31-28(30)26(25-15-14-24-16-17-32-27(24)18-25)20-29(19-22-10-6-4-7-11-22)21(2)23-12-8-5-9-13-23/h4-18,21,26H,3,19-20H2,1-2H3/t21-,26-/m1/s1. The first kappa shape index (κ1) is 21.8. The lowest BCUT2D eigenvalue weighted by Gasteiger charge is -2.32. The van der Waals surface area contributed by atoms with Gasteiger partial charge in [0.25, 0.3) is 0 Å². The molecule has 3 aromatic carbocycles. The molecular formula is C28H29NO3. The molecule has 0 unspecified atom stereocenters. The number of nitrogens with zero attached hydrogens (tertiary/aromatic N) is 1. The number of furan rings is 1. The summed E-state index contributed by atoms with van der Waals surface area (Å²) in [6.45, 7) is 5.66. The number of hydrogen-bond acceptors (Lipinski definition) is 4. The molecule has 4 aromatic rings. The van der Waals surface area contributed by atoms with E-state index in [0.717, 1.165) is 23.1 Å². The summed E-state index contributed by atoms with van der Waals surface area (Å²) in [5.41, 5.74) is 4.11. The van der Waals surface area contributed by atoms with Crippen molar-refractivity contribution in [3.8, 4) is 0 Å². The molecule has 0 saturated carbocycles. The van der Waals surface area contributed by atoms with Gasteiger partial charge in [-0.1, -0.05) is 72.8 Å². The highest BCUT2D eigenvalue weighted by atomic mass is 16.5. The van der Waals surface area contributed by atoms with Crippen LogP contribution < -0.4 is 0 Å². The van der Waals surface area contributed by atoms with Gasteiger partial charge in [0.05, 0.1) is 18.8 Å². The molecule has 1 heterocycles. The van der Waals surface area contributed by atoms with Crippen molar-refractivity contribution in [1.29, 1.82) is 0 Å². The van der Waals surface area contributed by atoms with Gasteiger partial charge in [0, 0.05) is 24.5 Å². The van der Waals surface area contributed by atoms with Crippen LogP contribution in [0, 0.1) is 0 Å². The Bertz CT molecular complexity index is 1140. The first-order valence-corrected chi connectivity index (χ1v) is 11.1. The van der Waals surface area contributed by atoms with Gasteiger partial charge in [-0.15, -0.1) is 0 Å². The molecule has 4 rings (SSSR count). The Hall–Kier alpha value is -3.37. The van der Waals surface area contributed by atoms with Gasteiger partial charge in [-0.25, -0.2) is 0 Å². The van der Waals surface area contributed by atoms with Crippen LogP contribution in [0.25, 0.3) is 11.0 Å². The second kappa shape index (κ2) is 10.3. The molecule has 0 radical (unpaired) electrons. The summed E-state index contributed by atoms with van der Waals surface area (Å²) in [4.78, 5) is 15.4. The van der Waals surface area contributed by atoms with E-state index in [0.29, 0.717) is 13.2 Å². The van der Waals surface area contributed by atoms with Crippen molar-refractivity contribution >= 4 is 16.9 Å². The van der Waals surface area contributed by atoms with Gasteiger partial charge >= 0.3 is 5.97 Å². The van der Waals surface area contributed by atoms with Crippen LogP contribution in [0.3, 0.4) is 0 Å². The van der Waals surface area contributed by atoms with Crippen LogP contribution in [0.15, 0.2) is 95.6 Å². The van der Waals surface area contributed by atoms with E-state index in [4.69, 9.17) is 9.15 Å². The normalized spacial score (nSPS) is 13.2. The summed E-state index contributed by atoms with van der Waals surface area (Å²) in [7, 11) is 0. The highest BCUT2D eigenvalue weighted by Crippen LogP contribution is 2.29. The third-order valence-corrected chi connectivity index (χ3v) is 5.93. The zero-order valence-electron chi connectivity index (χ0n) is 18.6. The highest BCUT2D eigenvalue weighted by Gasteiger charge is 2.28. The van der Waals surface area contributed by atoms with Crippen LogP contribution in [0.1, 0.15) is 42.5 Å². The molecule has 1 aromatic heterocycles. The van der Waals surface area contributed by atoms with Gasteiger partial charge in [-0.3, -0.25) is 9.69 Å². The Kier molecular flexibility index (Phi) is 7.03. The molecule has 32 heavy (non-hydrogen) atoms. The lowest BCUT2D eigenvalue weighted by molar-refractivity contribution is -0.145. The smallest absolute Gasteiger partial charge is 0.314 e. The van der Waals surface area contributed by atoms with E-state index in [1.807, 2.05) is 55.5 Å². The molecule has 0 aliphatic carbocycles. The Morgan fingerprint density at radius 2 is 1.66 bits per heavy atom. The second-order valence-corrected chi connectivity index (χ2v) is 8.02. The van der Waals surface area contributed by atoms with Crippen LogP contribution in [0.5, 0.6) is 0 Å². The molecule has 0 spiro atoms. The van der Waals surface area contributed by atoms with Crippen molar-refractivity contribution in [2.24, 2.45) is 0 Å². The molecule has 0 bridgehead atoms. The second-order valence-electron chi connectivity index (χ2n) is 8.02. The van der Waals surface area contributed by atoms with Crippen LogP contribution >= 0.6 is 0 Å². The topological polar surface area (TPSA) is 42.7 Å². The Morgan fingerprint density at radius 1 is 0.938 bits per heavy atom. The first-order chi connectivity index (χ1) is 15.7. The van der Waals surface area contributed by atoms with E-state index < -0.39 is 5.92 Å². The zero-order valence-corrected chi connectivity index (χ0v) is 18.6. The fourth-order valence-electron chi connectivity index (χ4n) is 4.10. The van der Waals surface area contributed by atoms with Crippen molar-refractivity contribution in [3.05, 3.63) is 108 Å². The number of fused-ring (bicyclic) bond motifs is 1. The van der Waals surface area contributed by atoms with E-state index in [9.17, 15) is 4.79 Å².